The third-order valence-electron chi connectivity index (χ3n) is 4.19. The number of nitro benzene ring substituents is 1. The van der Waals surface area contributed by atoms with Crippen LogP contribution in [0.4, 0.5) is 10.1 Å². The number of hydrogen-bond donors (Lipinski definition) is 0. The van der Waals surface area contributed by atoms with E-state index in [1.807, 2.05) is 0 Å². The van der Waals surface area contributed by atoms with Crippen molar-refractivity contribution in [2.45, 2.75) is 10.6 Å². The van der Waals surface area contributed by atoms with E-state index in [9.17, 15) is 22.9 Å². The summed E-state index contributed by atoms with van der Waals surface area (Å²) in [6.45, 7) is 0. The lowest BCUT2D eigenvalue weighted by atomic mass is 10.1. The lowest BCUT2D eigenvalue weighted by Gasteiger charge is -2.10. The Bertz CT molecular complexity index is 1130. The molecule has 0 unspecified atom stereocenters. The Morgan fingerprint density at radius 1 is 1.00 bits per heavy atom. The molecule has 0 amide bonds. The number of non-ortho nitro benzene ring substituents is 1. The number of ether oxygens (including phenoxy) is 1. The van der Waals surface area contributed by atoms with E-state index in [0.717, 1.165) is 0 Å². The van der Waals surface area contributed by atoms with Crippen LogP contribution in [0.5, 0.6) is 5.75 Å². The fraction of sp³-hybridized carbons (Fsp3) is 0.100. The Hall–Kier alpha value is -3.26. The maximum absolute atomic E-state index is 13.1. The molecule has 3 rings (SSSR count). The molecular weight excluding hydrogens is 385 g/mol. The number of sulfone groups is 1. The van der Waals surface area contributed by atoms with Crippen LogP contribution in [0, 0.1) is 15.9 Å². The number of rotatable bonds is 6. The highest BCUT2D eigenvalue weighted by Crippen LogP contribution is 2.29. The van der Waals surface area contributed by atoms with E-state index in [2.05, 4.69) is 0 Å². The number of nitrogens with zero attached hydrogens (tertiary/aromatic N) is 1. The molecule has 144 valence electrons. The largest absolute Gasteiger partial charge is 0.496 e. The first-order valence-corrected chi connectivity index (χ1v) is 9.85. The minimum atomic E-state index is -3.80. The van der Waals surface area contributed by atoms with Gasteiger partial charge in [0, 0.05) is 17.7 Å². The molecule has 8 heteroatoms. The highest BCUT2D eigenvalue weighted by atomic mass is 32.2. The second kappa shape index (κ2) is 7.77. The van der Waals surface area contributed by atoms with Gasteiger partial charge in [0.1, 0.15) is 11.6 Å². The molecule has 0 saturated carbocycles. The van der Waals surface area contributed by atoms with E-state index in [4.69, 9.17) is 4.74 Å². The van der Waals surface area contributed by atoms with Crippen LogP contribution in [-0.2, 0) is 15.6 Å². The Balaban J connectivity index is 1.98. The molecule has 0 atom stereocenters. The van der Waals surface area contributed by atoms with Crippen molar-refractivity contribution in [3.05, 3.63) is 88.2 Å². The van der Waals surface area contributed by atoms with Gasteiger partial charge in [0.2, 0.25) is 0 Å². The fourth-order valence-corrected chi connectivity index (χ4v) is 4.18. The second-order valence-corrected chi connectivity index (χ2v) is 8.04. The van der Waals surface area contributed by atoms with Gasteiger partial charge in [0.15, 0.2) is 9.84 Å². The molecule has 0 N–H and O–H groups in total. The van der Waals surface area contributed by atoms with Crippen LogP contribution in [0.15, 0.2) is 71.6 Å². The highest BCUT2D eigenvalue weighted by molar-refractivity contribution is 7.90. The van der Waals surface area contributed by atoms with Gasteiger partial charge in [-0.15, -0.1) is 0 Å². The predicted octanol–water partition coefficient (Wildman–Crippen LogP) is 4.38. The van der Waals surface area contributed by atoms with E-state index >= 15 is 0 Å². The lowest BCUT2D eigenvalue weighted by molar-refractivity contribution is -0.384. The summed E-state index contributed by atoms with van der Waals surface area (Å²) < 4.78 is 44.1. The van der Waals surface area contributed by atoms with Gasteiger partial charge in [0.05, 0.1) is 22.7 Å². The van der Waals surface area contributed by atoms with Crippen molar-refractivity contribution >= 4 is 15.5 Å². The quantitative estimate of drug-likeness (QED) is 0.452. The van der Waals surface area contributed by atoms with E-state index in [1.54, 1.807) is 24.3 Å². The lowest BCUT2D eigenvalue weighted by Crippen LogP contribution is -2.07. The smallest absolute Gasteiger partial charge is 0.270 e. The van der Waals surface area contributed by atoms with E-state index in [0.29, 0.717) is 11.1 Å². The SMILES string of the molecule is COc1ccc([N+](=O)[O-])cc1CS(=O)(=O)c1cccc(-c2ccc(F)cc2)c1. The first-order valence-electron chi connectivity index (χ1n) is 8.20. The third kappa shape index (κ3) is 4.17. The zero-order valence-corrected chi connectivity index (χ0v) is 15.6. The van der Waals surface area contributed by atoms with E-state index in [1.165, 1.54) is 49.6 Å². The average Bonchev–Trinajstić information content (AvgIpc) is 2.68. The van der Waals surface area contributed by atoms with Crippen molar-refractivity contribution in [3.63, 3.8) is 0 Å². The molecule has 0 bridgehead atoms. The van der Waals surface area contributed by atoms with Crippen LogP contribution in [0.25, 0.3) is 11.1 Å². The molecule has 0 aromatic heterocycles. The fourth-order valence-electron chi connectivity index (χ4n) is 2.79. The average molecular weight is 401 g/mol. The minimum absolute atomic E-state index is 0.0582. The van der Waals surface area contributed by atoms with Gasteiger partial charge in [-0.05, 0) is 41.5 Å². The zero-order chi connectivity index (χ0) is 20.3. The number of halogens is 1. The molecule has 0 radical (unpaired) electrons. The van der Waals surface area contributed by atoms with Gasteiger partial charge in [-0.3, -0.25) is 10.1 Å². The van der Waals surface area contributed by atoms with Crippen LogP contribution < -0.4 is 4.74 Å². The highest BCUT2D eigenvalue weighted by Gasteiger charge is 2.21. The summed E-state index contributed by atoms with van der Waals surface area (Å²) in [6.07, 6.45) is 0. The van der Waals surface area contributed by atoms with Crippen LogP contribution >= 0.6 is 0 Å². The van der Waals surface area contributed by atoms with E-state index in [-0.39, 0.29) is 27.7 Å². The summed E-state index contributed by atoms with van der Waals surface area (Å²) in [7, 11) is -2.44. The van der Waals surface area contributed by atoms with Gasteiger partial charge in [0.25, 0.3) is 5.69 Å². The molecule has 0 spiro atoms. The Morgan fingerprint density at radius 3 is 2.36 bits per heavy atom. The molecule has 0 saturated heterocycles. The van der Waals surface area contributed by atoms with Crippen LogP contribution in [-0.4, -0.2) is 20.5 Å². The van der Waals surface area contributed by atoms with Crippen molar-refractivity contribution in [3.8, 4) is 16.9 Å². The molecule has 0 heterocycles. The number of hydrogen-bond acceptors (Lipinski definition) is 5. The van der Waals surface area contributed by atoms with Crippen LogP contribution in [0.1, 0.15) is 5.56 Å². The number of benzene rings is 3. The molecule has 28 heavy (non-hydrogen) atoms. The van der Waals surface area contributed by atoms with Crippen molar-refractivity contribution < 1.29 is 22.5 Å². The zero-order valence-electron chi connectivity index (χ0n) is 14.8. The molecule has 0 fully saturated rings. The summed E-state index contributed by atoms with van der Waals surface area (Å²) in [4.78, 5) is 10.5. The van der Waals surface area contributed by atoms with Gasteiger partial charge >= 0.3 is 0 Å². The topological polar surface area (TPSA) is 86.5 Å². The van der Waals surface area contributed by atoms with Crippen molar-refractivity contribution in [1.29, 1.82) is 0 Å². The Labute approximate surface area is 161 Å². The molecule has 3 aromatic rings. The van der Waals surface area contributed by atoms with Gasteiger partial charge in [-0.25, -0.2) is 12.8 Å². The number of nitro groups is 1. The van der Waals surface area contributed by atoms with Crippen LogP contribution in [0.3, 0.4) is 0 Å². The van der Waals surface area contributed by atoms with Gasteiger partial charge in [-0.1, -0.05) is 24.3 Å². The molecule has 0 aliphatic carbocycles. The summed E-state index contributed by atoms with van der Waals surface area (Å²) in [5.74, 6) is -0.584. The monoisotopic (exact) mass is 401 g/mol. The molecular formula is C20H16FNO5S. The summed E-state index contributed by atoms with van der Waals surface area (Å²) in [5.41, 5.74) is 1.27. The predicted molar refractivity (Wildman–Crippen MR) is 102 cm³/mol. The molecule has 6 nitrogen and oxygen atoms in total. The van der Waals surface area contributed by atoms with Crippen molar-refractivity contribution in [2.24, 2.45) is 0 Å². The second-order valence-electron chi connectivity index (χ2n) is 6.05. The first kappa shape index (κ1) is 19.5. The van der Waals surface area contributed by atoms with E-state index < -0.39 is 20.5 Å². The Kier molecular flexibility index (Phi) is 5.41. The summed E-state index contributed by atoms with van der Waals surface area (Å²) in [6, 6.07) is 15.8. The third-order valence-corrected chi connectivity index (χ3v) is 5.85. The van der Waals surface area contributed by atoms with Gasteiger partial charge in [-0.2, -0.15) is 0 Å². The van der Waals surface area contributed by atoms with Crippen molar-refractivity contribution in [2.75, 3.05) is 7.11 Å². The van der Waals surface area contributed by atoms with Gasteiger partial charge < -0.3 is 4.74 Å². The minimum Gasteiger partial charge on any atom is -0.496 e. The maximum Gasteiger partial charge on any atom is 0.270 e. The first-order chi connectivity index (χ1) is 13.3. The Morgan fingerprint density at radius 2 is 1.71 bits per heavy atom. The van der Waals surface area contributed by atoms with Crippen molar-refractivity contribution in [1.82, 2.24) is 0 Å². The molecule has 0 aliphatic heterocycles. The standard InChI is InChI=1S/C20H16FNO5S/c1-27-20-10-9-18(22(23)24)11-16(20)13-28(25,26)19-4-2-3-15(12-19)14-5-7-17(21)8-6-14/h2-12H,13H2,1H3. The molecule has 0 aliphatic rings. The molecule has 3 aromatic carbocycles. The maximum atomic E-state index is 13.1. The summed E-state index contributed by atoms with van der Waals surface area (Å²) in [5, 5.41) is 11.0. The normalized spacial score (nSPS) is 11.2. The van der Waals surface area contributed by atoms with Crippen LogP contribution in [0.2, 0.25) is 0 Å². The summed E-state index contributed by atoms with van der Waals surface area (Å²) >= 11 is 0. The number of methoxy groups -OCH3 is 1.